The standard InChI is InChI=1S/C17H25N3O2/c1-22-15-6-4-14(5-7-15)16-12-18-8-11-20(16)13-17(21)19-9-2-3-10-19/h4-7,16,18H,2-3,8-13H2,1H3. The summed E-state index contributed by atoms with van der Waals surface area (Å²) in [5, 5.41) is 3.44. The minimum atomic E-state index is 0.256. The lowest BCUT2D eigenvalue weighted by Crippen LogP contribution is -2.49. The van der Waals surface area contributed by atoms with Gasteiger partial charge in [-0.3, -0.25) is 9.69 Å². The first-order chi connectivity index (χ1) is 10.8. The molecular weight excluding hydrogens is 278 g/mol. The van der Waals surface area contributed by atoms with E-state index in [1.807, 2.05) is 17.0 Å². The molecule has 2 heterocycles. The Balaban J connectivity index is 1.68. The van der Waals surface area contributed by atoms with Crippen molar-refractivity contribution in [2.75, 3.05) is 46.4 Å². The van der Waals surface area contributed by atoms with E-state index in [0.29, 0.717) is 6.54 Å². The second-order valence-electron chi connectivity index (χ2n) is 6.05. The highest BCUT2D eigenvalue weighted by Crippen LogP contribution is 2.24. The van der Waals surface area contributed by atoms with Gasteiger partial charge in [-0.15, -0.1) is 0 Å². The zero-order valence-corrected chi connectivity index (χ0v) is 13.3. The maximum Gasteiger partial charge on any atom is 0.236 e. The van der Waals surface area contributed by atoms with Gasteiger partial charge in [0.05, 0.1) is 13.7 Å². The van der Waals surface area contributed by atoms with Crippen LogP contribution in [0, 0.1) is 0 Å². The van der Waals surface area contributed by atoms with E-state index in [1.54, 1.807) is 7.11 Å². The summed E-state index contributed by atoms with van der Waals surface area (Å²) in [6.07, 6.45) is 2.30. The van der Waals surface area contributed by atoms with Crippen molar-refractivity contribution < 1.29 is 9.53 Å². The highest BCUT2D eigenvalue weighted by molar-refractivity contribution is 5.78. The van der Waals surface area contributed by atoms with Gasteiger partial charge in [-0.2, -0.15) is 0 Å². The summed E-state index contributed by atoms with van der Waals surface area (Å²) in [5.74, 6) is 1.14. The Labute approximate surface area is 132 Å². The van der Waals surface area contributed by atoms with Crippen LogP contribution in [0.4, 0.5) is 0 Å². The van der Waals surface area contributed by atoms with Crippen molar-refractivity contribution in [2.24, 2.45) is 0 Å². The lowest BCUT2D eigenvalue weighted by atomic mass is 10.0. The highest BCUT2D eigenvalue weighted by atomic mass is 16.5. The third-order valence-electron chi connectivity index (χ3n) is 4.65. The Morgan fingerprint density at radius 3 is 2.64 bits per heavy atom. The summed E-state index contributed by atoms with van der Waals surface area (Å²) >= 11 is 0. The molecule has 1 N–H and O–H groups in total. The molecule has 0 aromatic heterocycles. The molecule has 22 heavy (non-hydrogen) atoms. The molecule has 0 saturated carbocycles. The smallest absolute Gasteiger partial charge is 0.236 e. The molecule has 1 aromatic rings. The van der Waals surface area contributed by atoms with Crippen molar-refractivity contribution in [3.63, 3.8) is 0 Å². The molecule has 1 atom stereocenters. The zero-order chi connectivity index (χ0) is 15.4. The maximum atomic E-state index is 12.4. The van der Waals surface area contributed by atoms with E-state index in [2.05, 4.69) is 22.3 Å². The molecule has 5 nitrogen and oxygen atoms in total. The van der Waals surface area contributed by atoms with Gasteiger partial charge in [0.15, 0.2) is 0 Å². The van der Waals surface area contributed by atoms with Crippen molar-refractivity contribution in [1.82, 2.24) is 15.1 Å². The van der Waals surface area contributed by atoms with E-state index in [-0.39, 0.29) is 11.9 Å². The molecule has 120 valence electrons. The van der Waals surface area contributed by atoms with Crippen molar-refractivity contribution in [3.8, 4) is 5.75 Å². The summed E-state index contributed by atoms with van der Waals surface area (Å²) < 4.78 is 5.23. The maximum absolute atomic E-state index is 12.4. The summed E-state index contributed by atoms with van der Waals surface area (Å²) in [6.45, 7) is 5.13. The third-order valence-corrected chi connectivity index (χ3v) is 4.65. The molecule has 0 bridgehead atoms. The van der Waals surface area contributed by atoms with Crippen LogP contribution in [-0.4, -0.2) is 62.1 Å². The summed E-state index contributed by atoms with van der Waals surface area (Å²) in [7, 11) is 1.68. The number of hydrogen-bond acceptors (Lipinski definition) is 4. The van der Waals surface area contributed by atoms with Crippen molar-refractivity contribution in [3.05, 3.63) is 29.8 Å². The van der Waals surface area contributed by atoms with E-state index < -0.39 is 0 Å². The van der Waals surface area contributed by atoms with Crippen LogP contribution in [0.2, 0.25) is 0 Å². The average Bonchev–Trinajstić information content (AvgIpc) is 3.10. The Kier molecular flexibility index (Phi) is 4.95. The zero-order valence-electron chi connectivity index (χ0n) is 13.3. The van der Waals surface area contributed by atoms with Gasteiger partial charge < -0.3 is 15.0 Å². The minimum absolute atomic E-state index is 0.256. The SMILES string of the molecule is COc1ccc(C2CNCCN2CC(=O)N2CCCC2)cc1. The molecule has 2 aliphatic heterocycles. The van der Waals surface area contributed by atoms with Gasteiger partial charge in [-0.1, -0.05) is 12.1 Å². The first-order valence-electron chi connectivity index (χ1n) is 8.14. The fraction of sp³-hybridized carbons (Fsp3) is 0.588. The second kappa shape index (κ2) is 7.11. The second-order valence-corrected chi connectivity index (χ2v) is 6.05. The number of carbonyl (C=O) groups excluding carboxylic acids is 1. The van der Waals surface area contributed by atoms with Crippen molar-refractivity contribution >= 4 is 5.91 Å². The van der Waals surface area contributed by atoms with Gasteiger partial charge in [0, 0.05) is 38.8 Å². The van der Waals surface area contributed by atoms with Crippen LogP contribution in [0.15, 0.2) is 24.3 Å². The van der Waals surface area contributed by atoms with Crippen molar-refractivity contribution in [1.29, 1.82) is 0 Å². The number of rotatable bonds is 4. The first kappa shape index (κ1) is 15.3. The van der Waals surface area contributed by atoms with Crippen LogP contribution in [0.1, 0.15) is 24.4 Å². The Bertz CT molecular complexity index is 497. The van der Waals surface area contributed by atoms with Crippen LogP contribution in [-0.2, 0) is 4.79 Å². The van der Waals surface area contributed by atoms with Gasteiger partial charge >= 0.3 is 0 Å². The van der Waals surface area contributed by atoms with E-state index >= 15 is 0 Å². The molecule has 2 fully saturated rings. The molecule has 0 radical (unpaired) electrons. The molecule has 0 aliphatic carbocycles. The van der Waals surface area contributed by atoms with E-state index in [1.165, 1.54) is 5.56 Å². The van der Waals surface area contributed by atoms with Crippen LogP contribution < -0.4 is 10.1 Å². The van der Waals surface area contributed by atoms with E-state index in [4.69, 9.17) is 4.74 Å². The van der Waals surface area contributed by atoms with Gasteiger partial charge in [-0.05, 0) is 30.5 Å². The number of carbonyl (C=O) groups is 1. The number of nitrogens with zero attached hydrogens (tertiary/aromatic N) is 2. The van der Waals surface area contributed by atoms with Gasteiger partial charge in [0.1, 0.15) is 5.75 Å². The Hall–Kier alpha value is -1.59. The fourth-order valence-electron chi connectivity index (χ4n) is 3.33. The molecular formula is C17H25N3O2. The lowest BCUT2D eigenvalue weighted by molar-refractivity contribution is -0.132. The van der Waals surface area contributed by atoms with E-state index in [0.717, 1.165) is 51.3 Å². The predicted octanol–water partition coefficient (Wildman–Crippen LogP) is 1.26. The summed E-state index contributed by atoms with van der Waals surface area (Å²) in [4.78, 5) is 16.7. The van der Waals surface area contributed by atoms with Gasteiger partial charge in [0.2, 0.25) is 5.91 Å². The first-order valence-corrected chi connectivity index (χ1v) is 8.14. The number of likely N-dealkylation sites (tertiary alicyclic amines) is 1. The molecule has 2 saturated heterocycles. The Morgan fingerprint density at radius 1 is 1.23 bits per heavy atom. The normalized spacial score (nSPS) is 22.8. The summed E-state index contributed by atoms with van der Waals surface area (Å²) in [6, 6.07) is 8.44. The van der Waals surface area contributed by atoms with Crippen LogP contribution in [0.5, 0.6) is 5.75 Å². The topological polar surface area (TPSA) is 44.8 Å². The number of piperazine rings is 1. The molecule has 5 heteroatoms. The fourth-order valence-corrected chi connectivity index (χ4v) is 3.33. The van der Waals surface area contributed by atoms with E-state index in [9.17, 15) is 4.79 Å². The van der Waals surface area contributed by atoms with Gasteiger partial charge in [0.25, 0.3) is 0 Å². The number of benzene rings is 1. The number of methoxy groups -OCH3 is 1. The van der Waals surface area contributed by atoms with Crippen molar-refractivity contribution in [2.45, 2.75) is 18.9 Å². The van der Waals surface area contributed by atoms with Gasteiger partial charge in [-0.25, -0.2) is 0 Å². The average molecular weight is 303 g/mol. The molecule has 2 aliphatic rings. The van der Waals surface area contributed by atoms with Crippen LogP contribution in [0.25, 0.3) is 0 Å². The molecule has 1 unspecified atom stereocenters. The monoisotopic (exact) mass is 303 g/mol. The molecule has 1 amide bonds. The third kappa shape index (κ3) is 3.42. The predicted molar refractivity (Wildman–Crippen MR) is 86.0 cm³/mol. The minimum Gasteiger partial charge on any atom is -0.497 e. The molecule has 0 spiro atoms. The van der Waals surface area contributed by atoms with Crippen LogP contribution >= 0.6 is 0 Å². The number of nitrogens with one attached hydrogen (secondary N) is 1. The van der Waals surface area contributed by atoms with Crippen LogP contribution in [0.3, 0.4) is 0 Å². The quantitative estimate of drug-likeness (QED) is 0.910. The lowest BCUT2D eigenvalue weighted by Gasteiger charge is -2.36. The number of amides is 1. The Morgan fingerprint density at radius 2 is 1.95 bits per heavy atom. The highest BCUT2D eigenvalue weighted by Gasteiger charge is 2.28. The largest absolute Gasteiger partial charge is 0.497 e. The molecule has 1 aromatic carbocycles. The number of ether oxygens (including phenoxy) is 1. The number of hydrogen-bond donors (Lipinski definition) is 1. The molecule has 3 rings (SSSR count). The summed E-state index contributed by atoms with van der Waals surface area (Å²) in [5.41, 5.74) is 1.24.